The van der Waals surface area contributed by atoms with E-state index in [0.29, 0.717) is 16.3 Å². The van der Waals surface area contributed by atoms with Crippen molar-refractivity contribution in [1.82, 2.24) is 0 Å². The number of carbonyl (C=O) groups excluding carboxylic acids is 1. The van der Waals surface area contributed by atoms with Crippen molar-refractivity contribution >= 4 is 29.3 Å². The first-order chi connectivity index (χ1) is 9.56. The molecule has 0 radical (unpaired) electrons. The molecular formula is C17H16ClNO. The van der Waals surface area contributed by atoms with Crippen LogP contribution in [0.4, 0.5) is 5.69 Å². The summed E-state index contributed by atoms with van der Waals surface area (Å²) < 4.78 is 0. The number of aryl methyl sites for hydroxylation is 1. The summed E-state index contributed by atoms with van der Waals surface area (Å²) in [5.41, 5.74) is 3.34. The normalized spacial score (nSPS) is 11.2. The number of amides is 1. The lowest BCUT2D eigenvalue weighted by Crippen LogP contribution is -2.12. The van der Waals surface area contributed by atoms with Gasteiger partial charge in [0.05, 0.1) is 0 Å². The third-order valence-corrected chi connectivity index (χ3v) is 3.38. The number of anilines is 1. The zero-order valence-corrected chi connectivity index (χ0v) is 12.2. The maximum Gasteiger partial charge on any atom is 0.251 e. The Morgan fingerprint density at radius 2 is 1.85 bits per heavy atom. The van der Waals surface area contributed by atoms with Crippen LogP contribution < -0.4 is 5.32 Å². The molecule has 0 spiro atoms. The molecule has 2 aromatic rings. The monoisotopic (exact) mass is 285 g/mol. The van der Waals surface area contributed by atoms with E-state index >= 15 is 0 Å². The van der Waals surface area contributed by atoms with Crippen LogP contribution in [0.5, 0.6) is 0 Å². The van der Waals surface area contributed by atoms with Crippen LogP contribution in [0.2, 0.25) is 5.02 Å². The smallest absolute Gasteiger partial charge is 0.251 e. The van der Waals surface area contributed by atoms with Crippen molar-refractivity contribution in [3.63, 3.8) is 0 Å². The maximum absolute atomic E-state index is 12.1. The molecular weight excluding hydrogens is 270 g/mol. The lowest BCUT2D eigenvalue weighted by Gasteiger charge is -2.07. The van der Waals surface area contributed by atoms with Crippen LogP contribution >= 0.6 is 11.6 Å². The minimum atomic E-state index is -0.131. The summed E-state index contributed by atoms with van der Waals surface area (Å²) in [6, 6.07) is 15.2. The number of rotatable bonds is 3. The molecule has 1 amide bonds. The minimum Gasteiger partial charge on any atom is -0.322 e. The van der Waals surface area contributed by atoms with Crippen LogP contribution in [0.15, 0.2) is 54.1 Å². The molecule has 2 nitrogen and oxygen atoms in total. The van der Waals surface area contributed by atoms with E-state index in [4.69, 9.17) is 11.6 Å². The van der Waals surface area contributed by atoms with E-state index in [0.717, 1.165) is 11.1 Å². The van der Waals surface area contributed by atoms with E-state index in [9.17, 15) is 4.79 Å². The number of benzene rings is 2. The topological polar surface area (TPSA) is 29.1 Å². The first-order valence-electron chi connectivity index (χ1n) is 6.37. The molecule has 0 aromatic heterocycles. The van der Waals surface area contributed by atoms with Crippen molar-refractivity contribution < 1.29 is 4.79 Å². The fourth-order valence-corrected chi connectivity index (χ4v) is 1.95. The number of halogens is 1. The molecule has 0 saturated heterocycles. The van der Waals surface area contributed by atoms with E-state index in [-0.39, 0.29) is 5.91 Å². The zero-order valence-electron chi connectivity index (χ0n) is 11.5. The Morgan fingerprint density at radius 3 is 2.50 bits per heavy atom. The molecule has 20 heavy (non-hydrogen) atoms. The van der Waals surface area contributed by atoms with Gasteiger partial charge in [-0.25, -0.2) is 0 Å². The first-order valence-corrected chi connectivity index (χ1v) is 6.75. The summed E-state index contributed by atoms with van der Waals surface area (Å²) >= 11 is 6.04. The summed E-state index contributed by atoms with van der Waals surface area (Å²) in [6.07, 6.45) is 1.85. The summed E-state index contributed by atoms with van der Waals surface area (Å²) in [6.45, 7) is 3.71. The van der Waals surface area contributed by atoms with Crippen LogP contribution in [0.3, 0.4) is 0 Å². The third-order valence-electron chi connectivity index (χ3n) is 2.97. The fraction of sp³-hybridized carbons (Fsp3) is 0.118. The van der Waals surface area contributed by atoms with Gasteiger partial charge in [-0.3, -0.25) is 4.79 Å². The van der Waals surface area contributed by atoms with Crippen LogP contribution in [0.1, 0.15) is 18.1 Å². The van der Waals surface area contributed by atoms with Gasteiger partial charge in [0.1, 0.15) is 0 Å². The molecule has 0 fully saturated rings. The number of hydrogen-bond acceptors (Lipinski definition) is 1. The Labute approximate surface area is 124 Å². The van der Waals surface area contributed by atoms with E-state index in [1.807, 2.05) is 55.5 Å². The van der Waals surface area contributed by atoms with Gasteiger partial charge in [-0.05, 0) is 43.2 Å². The average molecular weight is 286 g/mol. The molecule has 0 unspecified atom stereocenters. The quantitative estimate of drug-likeness (QED) is 0.814. The minimum absolute atomic E-state index is 0.131. The summed E-state index contributed by atoms with van der Waals surface area (Å²) in [5, 5.41) is 3.48. The summed E-state index contributed by atoms with van der Waals surface area (Å²) in [5.74, 6) is -0.131. The van der Waals surface area contributed by atoms with Crippen molar-refractivity contribution in [2.24, 2.45) is 0 Å². The van der Waals surface area contributed by atoms with E-state index < -0.39 is 0 Å². The van der Waals surface area contributed by atoms with Crippen molar-refractivity contribution in [2.45, 2.75) is 13.8 Å². The van der Waals surface area contributed by atoms with Gasteiger partial charge in [0.2, 0.25) is 0 Å². The number of nitrogens with one attached hydrogen (secondary N) is 1. The molecule has 0 heterocycles. The van der Waals surface area contributed by atoms with Crippen LogP contribution in [-0.2, 0) is 4.79 Å². The maximum atomic E-state index is 12.1. The predicted molar refractivity (Wildman–Crippen MR) is 84.9 cm³/mol. The van der Waals surface area contributed by atoms with Gasteiger partial charge in [-0.2, -0.15) is 0 Å². The van der Waals surface area contributed by atoms with Gasteiger partial charge >= 0.3 is 0 Å². The molecule has 2 rings (SSSR count). The van der Waals surface area contributed by atoms with Crippen LogP contribution in [-0.4, -0.2) is 5.91 Å². The predicted octanol–water partition coefficient (Wildman–Crippen LogP) is 4.69. The number of hydrogen-bond donors (Lipinski definition) is 1. The molecule has 0 aliphatic heterocycles. The Balaban J connectivity index is 2.11. The molecule has 0 aliphatic carbocycles. The highest BCUT2D eigenvalue weighted by Gasteiger charge is 2.06. The van der Waals surface area contributed by atoms with E-state index in [2.05, 4.69) is 5.32 Å². The highest BCUT2D eigenvalue weighted by molar-refractivity contribution is 6.31. The zero-order chi connectivity index (χ0) is 14.5. The first kappa shape index (κ1) is 14.4. The van der Waals surface area contributed by atoms with E-state index in [1.165, 1.54) is 0 Å². The highest BCUT2D eigenvalue weighted by atomic mass is 35.5. The van der Waals surface area contributed by atoms with Gasteiger partial charge in [-0.1, -0.05) is 48.0 Å². The largest absolute Gasteiger partial charge is 0.322 e. The molecule has 2 aromatic carbocycles. The van der Waals surface area contributed by atoms with Gasteiger partial charge in [0, 0.05) is 16.3 Å². The van der Waals surface area contributed by atoms with E-state index in [1.54, 1.807) is 13.0 Å². The Morgan fingerprint density at radius 1 is 1.15 bits per heavy atom. The Bertz CT molecular complexity index is 647. The van der Waals surface area contributed by atoms with Crippen LogP contribution in [0.25, 0.3) is 6.08 Å². The second-order valence-corrected chi connectivity index (χ2v) is 5.06. The second-order valence-electron chi connectivity index (χ2n) is 4.66. The molecule has 0 atom stereocenters. The number of carbonyl (C=O) groups is 1. The van der Waals surface area contributed by atoms with Crippen LogP contribution in [0, 0.1) is 6.92 Å². The molecule has 3 heteroatoms. The lowest BCUT2D eigenvalue weighted by molar-refractivity contribution is -0.112. The lowest BCUT2D eigenvalue weighted by atomic mass is 10.1. The molecule has 1 N–H and O–H groups in total. The van der Waals surface area contributed by atoms with Crippen molar-refractivity contribution in [3.05, 3.63) is 70.3 Å². The molecule has 0 saturated carbocycles. The average Bonchev–Trinajstić information content (AvgIpc) is 2.44. The fourth-order valence-electron chi connectivity index (χ4n) is 1.77. The van der Waals surface area contributed by atoms with Crippen molar-refractivity contribution in [2.75, 3.05) is 5.32 Å². The highest BCUT2D eigenvalue weighted by Crippen LogP contribution is 2.20. The Hall–Kier alpha value is -2.06. The standard InChI is InChI=1S/C17H16ClNO/c1-12-8-9-15(11-16(12)18)19-17(20)13(2)10-14-6-4-3-5-7-14/h3-11H,1-2H3,(H,19,20). The van der Waals surface area contributed by atoms with Gasteiger partial charge in [-0.15, -0.1) is 0 Å². The van der Waals surface area contributed by atoms with Gasteiger partial charge in [0.15, 0.2) is 0 Å². The second kappa shape index (κ2) is 6.40. The molecule has 0 bridgehead atoms. The summed E-state index contributed by atoms with van der Waals surface area (Å²) in [4.78, 5) is 12.1. The SMILES string of the molecule is CC(=Cc1ccccc1)C(=O)Nc1ccc(C)c(Cl)c1. The molecule has 0 aliphatic rings. The summed E-state index contributed by atoms with van der Waals surface area (Å²) in [7, 11) is 0. The third kappa shape index (κ3) is 3.72. The molecule has 102 valence electrons. The Kier molecular flexibility index (Phi) is 4.59. The van der Waals surface area contributed by atoms with Gasteiger partial charge in [0.25, 0.3) is 5.91 Å². The van der Waals surface area contributed by atoms with Crippen molar-refractivity contribution in [3.8, 4) is 0 Å². The van der Waals surface area contributed by atoms with Crippen molar-refractivity contribution in [1.29, 1.82) is 0 Å². The van der Waals surface area contributed by atoms with Gasteiger partial charge < -0.3 is 5.32 Å².